The highest BCUT2D eigenvalue weighted by Gasteiger charge is 2.22. The van der Waals surface area contributed by atoms with Gasteiger partial charge in [0.25, 0.3) is 0 Å². The van der Waals surface area contributed by atoms with Crippen LogP contribution in [0.4, 0.5) is 11.4 Å². The molecule has 7 heteroatoms. The third-order valence-electron chi connectivity index (χ3n) is 4.08. The Morgan fingerprint density at radius 2 is 1.74 bits per heavy atom. The lowest BCUT2D eigenvalue weighted by atomic mass is 10.1. The molecule has 0 radical (unpaired) electrons. The Hall–Kier alpha value is -2.73. The smallest absolute Gasteiger partial charge is 0.244 e. The number of nitrogens with zero attached hydrogens (tertiary/aromatic N) is 1. The van der Waals surface area contributed by atoms with Gasteiger partial charge in [0.2, 0.25) is 11.8 Å². The summed E-state index contributed by atoms with van der Waals surface area (Å²) in [5, 5.41) is 3.19. The average Bonchev–Trinajstić information content (AvgIpc) is 2.61. The Bertz CT molecular complexity index is 867. The molecule has 0 atom stereocenters. The first-order chi connectivity index (χ1) is 12.8. The van der Waals surface area contributed by atoms with E-state index in [-0.39, 0.29) is 18.4 Å². The summed E-state index contributed by atoms with van der Waals surface area (Å²) in [6.07, 6.45) is 0. The highest BCUT2D eigenvalue weighted by molar-refractivity contribution is 6.32. The van der Waals surface area contributed by atoms with Crippen LogP contribution in [0.5, 0.6) is 11.5 Å². The topological polar surface area (TPSA) is 67.9 Å². The van der Waals surface area contributed by atoms with Gasteiger partial charge in [-0.2, -0.15) is 0 Å². The number of nitrogens with one attached hydrogen (secondary N) is 1. The molecule has 0 aliphatic rings. The number of ether oxygens (including phenoxy) is 2. The number of rotatable bonds is 6. The molecular formula is C20H23ClN2O4. The van der Waals surface area contributed by atoms with Crippen LogP contribution in [-0.2, 0) is 9.59 Å². The second-order valence-corrected chi connectivity index (χ2v) is 6.54. The zero-order valence-electron chi connectivity index (χ0n) is 16.1. The molecule has 0 saturated heterocycles. The van der Waals surface area contributed by atoms with Gasteiger partial charge in [-0.15, -0.1) is 0 Å². The van der Waals surface area contributed by atoms with Crippen molar-refractivity contribution in [2.45, 2.75) is 20.8 Å². The normalized spacial score (nSPS) is 10.3. The van der Waals surface area contributed by atoms with E-state index in [9.17, 15) is 9.59 Å². The maximum absolute atomic E-state index is 12.6. The van der Waals surface area contributed by atoms with Crippen LogP contribution in [0.25, 0.3) is 0 Å². The zero-order valence-corrected chi connectivity index (χ0v) is 16.8. The Labute approximate surface area is 164 Å². The van der Waals surface area contributed by atoms with Crippen molar-refractivity contribution in [3.05, 3.63) is 46.5 Å². The number of halogens is 1. The van der Waals surface area contributed by atoms with Crippen molar-refractivity contribution in [2.24, 2.45) is 0 Å². The van der Waals surface area contributed by atoms with Gasteiger partial charge in [0, 0.05) is 24.7 Å². The van der Waals surface area contributed by atoms with E-state index in [1.165, 1.54) is 26.0 Å². The molecule has 0 unspecified atom stereocenters. The third kappa shape index (κ3) is 4.92. The van der Waals surface area contributed by atoms with E-state index < -0.39 is 0 Å². The molecule has 0 spiro atoms. The van der Waals surface area contributed by atoms with Crippen LogP contribution >= 0.6 is 11.6 Å². The van der Waals surface area contributed by atoms with E-state index in [4.69, 9.17) is 21.1 Å². The average molecular weight is 391 g/mol. The first-order valence-corrected chi connectivity index (χ1v) is 8.71. The summed E-state index contributed by atoms with van der Waals surface area (Å²) in [7, 11) is 2.94. The van der Waals surface area contributed by atoms with Crippen LogP contribution < -0.4 is 19.7 Å². The molecule has 2 aromatic carbocycles. The van der Waals surface area contributed by atoms with Crippen molar-refractivity contribution in [3.8, 4) is 11.5 Å². The van der Waals surface area contributed by atoms with Gasteiger partial charge in [0.05, 0.1) is 24.9 Å². The van der Waals surface area contributed by atoms with Gasteiger partial charge < -0.3 is 14.8 Å². The highest BCUT2D eigenvalue weighted by atomic mass is 35.5. The van der Waals surface area contributed by atoms with Crippen molar-refractivity contribution in [1.29, 1.82) is 0 Å². The number of anilines is 2. The Morgan fingerprint density at radius 1 is 1.07 bits per heavy atom. The molecule has 0 aromatic heterocycles. The third-order valence-corrected chi connectivity index (χ3v) is 4.38. The summed E-state index contributed by atoms with van der Waals surface area (Å²) in [6.45, 7) is 5.10. The van der Waals surface area contributed by atoms with Gasteiger partial charge in [0.1, 0.15) is 18.0 Å². The minimum atomic E-state index is -0.326. The van der Waals surface area contributed by atoms with Crippen molar-refractivity contribution < 1.29 is 19.1 Å². The van der Waals surface area contributed by atoms with Crippen LogP contribution in [0.3, 0.4) is 0 Å². The number of carbonyl (C=O) groups excluding carboxylic acids is 2. The SMILES string of the molecule is COc1cc(N(CC(=O)Nc2ccc(C)cc2C)C(C)=O)c(OC)cc1Cl. The van der Waals surface area contributed by atoms with E-state index in [1.807, 2.05) is 32.0 Å². The van der Waals surface area contributed by atoms with Crippen LogP contribution in [0.15, 0.2) is 30.3 Å². The quantitative estimate of drug-likeness (QED) is 0.810. The van der Waals surface area contributed by atoms with Gasteiger partial charge in [-0.05, 0) is 25.5 Å². The lowest BCUT2D eigenvalue weighted by Gasteiger charge is -2.24. The maximum atomic E-state index is 12.6. The van der Waals surface area contributed by atoms with Crippen LogP contribution in [-0.4, -0.2) is 32.6 Å². The molecule has 2 aromatic rings. The number of amides is 2. The molecule has 2 amide bonds. The van der Waals surface area contributed by atoms with E-state index in [0.717, 1.165) is 11.1 Å². The molecule has 0 aliphatic carbocycles. The van der Waals surface area contributed by atoms with Crippen LogP contribution in [0.1, 0.15) is 18.1 Å². The summed E-state index contributed by atoms with van der Waals surface area (Å²) in [4.78, 5) is 26.1. The van der Waals surface area contributed by atoms with Crippen molar-refractivity contribution in [1.82, 2.24) is 0 Å². The summed E-state index contributed by atoms with van der Waals surface area (Å²) in [6, 6.07) is 8.86. The minimum Gasteiger partial charge on any atom is -0.495 e. The molecule has 144 valence electrons. The van der Waals surface area contributed by atoms with Crippen molar-refractivity contribution >= 4 is 34.8 Å². The predicted octanol–water partition coefficient (Wildman–Crippen LogP) is 3.97. The monoisotopic (exact) mass is 390 g/mol. The number of hydrogen-bond donors (Lipinski definition) is 1. The Balaban J connectivity index is 2.30. The number of benzene rings is 2. The molecule has 0 fully saturated rings. The van der Waals surface area contributed by atoms with E-state index in [1.54, 1.807) is 12.1 Å². The van der Waals surface area contributed by atoms with E-state index >= 15 is 0 Å². The van der Waals surface area contributed by atoms with Gasteiger partial charge in [-0.1, -0.05) is 29.3 Å². The molecule has 0 saturated carbocycles. The second kappa shape index (κ2) is 8.77. The highest BCUT2D eigenvalue weighted by Crippen LogP contribution is 2.38. The largest absolute Gasteiger partial charge is 0.495 e. The Kier molecular flexibility index (Phi) is 6.69. The predicted molar refractivity (Wildman–Crippen MR) is 107 cm³/mol. The molecule has 0 bridgehead atoms. The number of carbonyl (C=O) groups is 2. The van der Waals surface area contributed by atoms with Gasteiger partial charge in [0.15, 0.2) is 0 Å². The molecular weight excluding hydrogens is 368 g/mol. The van der Waals surface area contributed by atoms with Crippen molar-refractivity contribution in [3.63, 3.8) is 0 Å². The fraction of sp³-hybridized carbons (Fsp3) is 0.300. The molecule has 0 heterocycles. The van der Waals surface area contributed by atoms with E-state index in [0.29, 0.717) is 27.9 Å². The maximum Gasteiger partial charge on any atom is 0.244 e. The zero-order chi connectivity index (χ0) is 20.1. The lowest BCUT2D eigenvalue weighted by molar-refractivity contribution is -0.120. The first-order valence-electron chi connectivity index (χ1n) is 8.33. The summed E-state index contributed by atoms with van der Waals surface area (Å²) in [5.41, 5.74) is 3.16. The van der Waals surface area contributed by atoms with Crippen molar-refractivity contribution in [2.75, 3.05) is 31.0 Å². The number of methoxy groups -OCH3 is 2. The van der Waals surface area contributed by atoms with E-state index in [2.05, 4.69) is 5.32 Å². The Morgan fingerprint density at radius 3 is 2.30 bits per heavy atom. The minimum absolute atomic E-state index is 0.177. The molecule has 2 rings (SSSR count). The molecule has 0 aliphatic heterocycles. The number of hydrogen-bond acceptors (Lipinski definition) is 4. The molecule has 1 N–H and O–H groups in total. The fourth-order valence-electron chi connectivity index (χ4n) is 2.71. The fourth-order valence-corrected chi connectivity index (χ4v) is 2.94. The standard InChI is InChI=1S/C20H23ClN2O4/c1-12-6-7-16(13(2)8-12)22-20(25)11-23(14(3)24)17-10-18(26-4)15(21)9-19(17)27-5/h6-10H,11H2,1-5H3,(H,22,25). The second-order valence-electron chi connectivity index (χ2n) is 6.13. The number of aryl methyl sites for hydroxylation is 2. The first kappa shape index (κ1) is 20.6. The van der Waals surface area contributed by atoms with Gasteiger partial charge >= 0.3 is 0 Å². The summed E-state index contributed by atoms with van der Waals surface area (Å²) in [5.74, 6) is 0.116. The lowest BCUT2D eigenvalue weighted by Crippen LogP contribution is -2.37. The van der Waals surface area contributed by atoms with Crippen LogP contribution in [0.2, 0.25) is 5.02 Å². The summed E-state index contributed by atoms with van der Waals surface area (Å²) < 4.78 is 10.5. The van der Waals surface area contributed by atoms with Gasteiger partial charge in [-0.3, -0.25) is 14.5 Å². The van der Waals surface area contributed by atoms with Crippen LogP contribution in [0, 0.1) is 13.8 Å². The molecule has 6 nitrogen and oxygen atoms in total. The molecule has 27 heavy (non-hydrogen) atoms. The van der Waals surface area contributed by atoms with Gasteiger partial charge in [-0.25, -0.2) is 0 Å². The summed E-state index contributed by atoms with van der Waals surface area (Å²) >= 11 is 6.12.